The lowest BCUT2D eigenvalue weighted by molar-refractivity contribution is -0.120. The van der Waals surface area contributed by atoms with Gasteiger partial charge in [-0.3, -0.25) is 19.5 Å². The number of amides is 2. The van der Waals surface area contributed by atoms with E-state index in [1.807, 2.05) is 42.5 Å². The number of carbonyl (C=O) groups is 2. The van der Waals surface area contributed by atoms with Crippen LogP contribution in [-0.2, 0) is 9.53 Å². The van der Waals surface area contributed by atoms with Crippen LogP contribution in [0.5, 0.6) is 17.2 Å². The molecule has 2 fully saturated rings. The van der Waals surface area contributed by atoms with Crippen molar-refractivity contribution in [2.45, 2.75) is 18.9 Å². The second kappa shape index (κ2) is 9.94. The van der Waals surface area contributed by atoms with Gasteiger partial charge >= 0.3 is 0 Å². The molecule has 0 saturated carbocycles. The molecule has 2 aromatic heterocycles. The van der Waals surface area contributed by atoms with Gasteiger partial charge in [0.2, 0.25) is 0 Å². The van der Waals surface area contributed by atoms with Crippen LogP contribution in [0.2, 0.25) is 0 Å². The van der Waals surface area contributed by atoms with E-state index < -0.39 is 11.9 Å². The zero-order chi connectivity index (χ0) is 26.1. The van der Waals surface area contributed by atoms with Gasteiger partial charge in [0.05, 0.1) is 0 Å². The second-order valence-electron chi connectivity index (χ2n) is 9.99. The van der Waals surface area contributed by atoms with Gasteiger partial charge < -0.3 is 24.4 Å². The lowest BCUT2D eigenvalue weighted by Gasteiger charge is -2.52. The summed E-state index contributed by atoms with van der Waals surface area (Å²) >= 11 is 0. The van der Waals surface area contributed by atoms with Crippen LogP contribution in [0.15, 0.2) is 60.8 Å². The molecule has 0 unspecified atom stereocenters. The molecule has 10 nitrogen and oxygen atoms in total. The Morgan fingerprint density at radius 2 is 1.87 bits per heavy atom. The first-order valence-corrected chi connectivity index (χ1v) is 12.7. The van der Waals surface area contributed by atoms with Gasteiger partial charge in [-0.25, -0.2) is 4.98 Å². The number of ether oxygens (including phenoxy) is 3. The Hall–Kier alpha value is -4.18. The van der Waals surface area contributed by atoms with Crippen molar-refractivity contribution >= 4 is 23.5 Å². The smallest absolute Gasteiger partial charge is 0.270 e. The van der Waals surface area contributed by atoms with Crippen LogP contribution in [0.25, 0.3) is 0 Å². The quantitative estimate of drug-likeness (QED) is 0.553. The van der Waals surface area contributed by atoms with Gasteiger partial charge in [-0.15, -0.1) is 0 Å². The maximum atomic E-state index is 13.3. The topological polar surface area (TPSA) is 106 Å². The number of carbonyl (C=O) groups excluding carboxylic acids is 2. The minimum absolute atomic E-state index is 0.0179. The third-order valence-electron chi connectivity index (χ3n) is 7.35. The molecular formula is C28H29N5O5. The lowest BCUT2D eigenvalue weighted by Crippen LogP contribution is -2.58. The van der Waals surface area contributed by atoms with E-state index in [0.29, 0.717) is 28.5 Å². The molecule has 6 rings (SSSR count). The molecule has 10 heteroatoms. The largest absolute Gasteiger partial charge is 0.487 e. The van der Waals surface area contributed by atoms with E-state index in [4.69, 9.17) is 19.2 Å². The number of rotatable bonds is 5. The van der Waals surface area contributed by atoms with Gasteiger partial charge in [0.25, 0.3) is 11.8 Å². The van der Waals surface area contributed by atoms with E-state index in [-0.39, 0.29) is 18.2 Å². The zero-order valence-electron chi connectivity index (χ0n) is 21.1. The molecule has 1 spiro atoms. The molecule has 2 amide bonds. The fourth-order valence-electron chi connectivity index (χ4n) is 5.14. The average Bonchev–Trinajstić information content (AvgIpc) is 3.04. The van der Waals surface area contributed by atoms with Crippen LogP contribution in [-0.4, -0.2) is 67.8 Å². The first-order valence-electron chi connectivity index (χ1n) is 12.7. The Balaban J connectivity index is 1.13. The highest BCUT2D eigenvalue weighted by molar-refractivity contribution is 6.02. The van der Waals surface area contributed by atoms with Crippen molar-refractivity contribution < 1.29 is 23.8 Å². The summed E-state index contributed by atoms with van der Waals surface area (Å²) in [5.41, 5.74) is 0.438. The van der Waals surface area contributed by atoms with E-state index in [0.717, 1.165) is 45.0 Å². The van der Waals surface area contributed by atoms with E-state index in [1.165, 1.54) is 17.2 Å². The highest BCUT2D eigenvalue weighted by Crippen LogP contribution is 2.42. The molecule has 196 valence electrons. The molecule has 0 aliphatic carbocycles. The Bertz CT molecular complexity index is 1340. The Morgan fingerprint density at radius 3 is 2.66 bits per heavy atom. The Kier molecular flexibility index (Phi) is 6.32. The van der Waals surface area contributed by atoms with Crippen LogP contribution < -0.4 is 24.6 Å². The number of nitrogens with one attached hydrogen (secondary N) is 1. The molecule has 0 radical (unpaired) electrons. The predicted octanol–water partition coefficient (Wildman–Crippen LogP) is 3.04. The van der Waals surface area contributed by atoms with Crippen molar-refractivity contribution in [2.75, 3.05) is 49.8 Å². The number of fused-ring (bicyclic) bond motifs is 1. The monoisotopic (exact) mass is 515 g/mol. The van der Waals surface area contributed by atoms with E-state index in [9.17, 15) is 9.59 Å². The van der Waals surface area contributed by atoms with Crippen LogP contribution in [0.3, 0.4) is 0 Å². The highest BCUT2D eigenvalue weighted by Gasteiger charge is 2.44. The molecule has 1 N–H and O–H groups in total. The van der Waals surface area contributed by atoms with Crippen molar-refractivity contribution in [1.29, 1.82) is 0 Å². The van der Waals surface area contributed by atoms with E-state index in [1.54, 1.807) is 13.1 Å². The third kappa shape index (κ3) is 4.74. The Morgan fingerprint density at radius 1 is 1.08 bits per heavy atom. The predicted molar refractivity (Wildman–Crippen MR) is 140 cm³/mol. The maximum absolute atomic E-state index is 13.3. The molecule has 3 aliphatic heterocycles. The normalized spacial score (nSPS) is 20.1. The zero-order valence-corrected chi connectivity index (χ0v) is 21.1. The summed E-state index contributed by atoms with van der Waals surface area (Å²) in [5.74, 6) is 2.04. The van der Waals surface area contributed by atoms with E-state index in [2.05, 4.69) is 15.2 Å². The average molecular weight is 516 g/mol. The van der Waals surface area contributed by atoms with Crippen molar-refractivity contribution in [3.8, 4) is 17.2 Å². The number of anilines is 2. The number of benzene rings is 1. The van der Waals surface area contributed by atoms with Gasteiger partial charge in [-0.05, 0) is 43.2 Å². The first kappa shape index (κ1) is 24.2. The third-order valence-corrected chi connectivity index (χ3v) is 7.35. The summed E-state index contributed by atoms with van der Waals surface area (Å²) in [5, 5.41) is 2.76. The van der Waals surface area contributed by atoms with Crippen molar-refractivity contribution in [3.63, 3.8) is 0 Å². The van der Waals surface area contributed by atoms with Crippen LogP contribution in [0.4, 0.5) is 11.6 Å². The molecule has 1 aromatic carbocycles. The number of hydrogen-bond donors (Lipinski definition) is 1. The summed E-state index contributed by atoms with van der Waals surface area (Å²) in [6, 6.07) is 15.3. The molecule has 0 bridgehead atoms. The van der Waals surface area contributed by atoms with Gasteiger partial charge in [-0.1, -0.05) is 18.2 Å². The minimum Gasteiger partial charge on any atom is -0.487 e. The fraction of sp³-hybridized carbons (Fsp3) is 0.357. The van der Waals surface area contributed by atoms with E-state index >= 15 is 0 Å². The standard InChI is InChI=1S/C28H29N5O5/c1-32-25-23(7-8-24(31-25)33-17-28(18-33)10-13-36-14-11-28)37-16-22(27(32)35)30-26(34)21-15-20(9-12-29-21)38-19-5-3-2-4-6-19/h2-9,12,15,22H,10-11,13-14,16-18H2,1H3,(H,30,34)/t22-/m0/s1. The van der Waals surface area contributed by atoms with Gasteiger partial charge in [0, 0.05) is 51.0 Å². The van der Waals surface area contributed by atoms with Crippen LogP contribution in [0.1, 0.15) is 23.3 Å². The minimum atomic E-state index is -0.903. The molecule has 2 saturated heterocycles. The molecule has 5 heterocycles. The second-order valence-corrected chi connectivity index (χ2v) is 9.99. The highest BCUT2D eigenvalue weighted by atomic mass is 16.5. The maximum Gasteiger partial charge on any atom is 0.270 e. The summed E-state index contributed by atoms with van der Waals surface area (Å²) in [6.45, 7) is 3.46. The number of likely N-dealkylation sites (N-methyl/N-ethyl adjacent to an activating group) is 1. The number of nitrogens with zero attached hydrogens (tertiary/aromatic N) is 4. The SMILES string of the molecule is CN1C(=O)[C@@H](NC(=O)c2cc(Oc3ccccc3)ccn2)COc2ccc(N3CC4(CCOCC4)C3)nc21. The Labute approximate surface area is 220 Å². The summed E-state index contributed by atoms with van der Waals surface area (Å²) < 4.78 is 17.2. The lowest BCUT2D eigenvalue weighted by atomic mass is 9.73. The van der Waals surface area contributed by atoms with Crippen molar-refractivity contribution in [3.05, 3.63) is 66.5 Å². The first-order chi connectivity index (χ1) is 18.5. The number of hydrogen-bond acceptors (Lipinski definition) is 8. The molecule has 38 heavy (non-hydrogen) atoms. The number of pyridine rings is 2. The number of aromatic nitrogens is 2. The van der Waals surface area contributed by atoms with Gasteiger partial charge in [-0.2, -0.15) is 0 Å². The van der Waals surface area contributed by atoms with Crippen molar-refractivity contribution in [1.82, 2.24) is 15.3 Å². The van der Waals surface area contributed by atoms with Crippen LogP contribution >= 0.6 is 0 Å². The molecule has 3 aliphatic rings. The van der Waals surface area contributed by atoms with Gasteiger partial charge in [0.15, 0.2) is 11.6 Å². The fourth-order valence-corrected chi connectivity index (χ4v) is 5.14. The van der Waals surface area contributed by atoms with Crippen molar-refractivity contribution in [2.24, 2.45) is 5.41 Å². The van der Waals surface area contributed by atoms with Crippen LogP contribution in [0, 0.1) is 5.41 Å². The summed E-state index contributed by atoms with van der Waals surface area (Å²) in [6.07, 6.45) is 3.62. The molecular weight excluding hydrogens is 486 g/mol. The molecule has 1 atom stereocenters. The molecule has 3 aromatic rings. The summed E-state index contributed by atoms with van der Waals surface area (Å²) in [4.78, 5) is 38.9. The van der Waals surface area contributed by atoms with Gasteiger partial charge in [0.1, 0.15) is 35.7 Å². The summed E-state index contributed by atoms with van der Waals surface area (Å²) in [7, 11) is 1.65. The number of para-hydroxylation sites is 1.